The van der Waals surface area contributed by atoms with Gasteiger partial charge in [-0.15, -0.1) is 0 Å². The molecule has 2 rings (SSSR count). The summed E-state index contributed by atoms with van der Waals surface area (Å²) in [6.07, 6.45) is 2.82. The Hall–Kier alpha value is -1.61. The third kappa shape index (κ3) is 3.28. The summed E-state index contributed by atoms with van der Waals surface area (Å²) < 4.78 is 1.70. The summed E-state index contributed by atoms with van der Waals surface area (Å²) in [7, 11) is 0. The SMILES string of the molecule is CCCn1ncc(Cl)c1C(=O)Cc1cc(C)cc(C)c1. The van der Waals surface area contributed by atoms with Crippen LogP contribution in [0, 0.1) is 13.8 Å². The second-order valence-electron chi connectivity index (χ2n) is 5.16. The molecule has 0 N–H and O–H groups in total. The third-order valence-corrected chi connectivity index (χ3v) is 3.42. The first-order chi connectivity index (χ1) is 9.51. The molecule has 0 unspecified atom stereocenters. The number of hydrogen-bond acceptors (Lipinski definition) is 2. The van der Waals surface area contributed by atoms with Gasteiger partial charge in [-0.2, -0.15) is 5.10 Å². The van der Waals surface area contributed by atoms with E-state index in [9.17, 15) is 4.79 Å². The molecule has 0 saturated carbocycles. The molecule has 2 aromatic rings. The zero-order valence-electron chi connectivity index (χ0n) is 12.1. The van der Waals surface area contributed by atoms with E-state index >= 15 is 0 Å². The van der Waals surface area contributed by atoms with Crippen molar-refractivity contribution in [2.45, 2.75) is 40.2 Å². The fraction of sp³-hybridized carbons (Fsp3) is 0.375. The van der Waals surface area contributed by atoms with Gasteiger partial charge in [0.1, 0.15) is 5.69 Å². The number of Topliss-reactive ketones (excluding diaryl/α,β-unsaturated/α-hetero) is 1. The van der Waals surface area contributed by atoms with Crippen molar-refractivity contribution in [3.05, 3.63) is 51.8 Å². The number of carbonyl (C=O) groups excluding carboxylic acids is 1. The highest BCUT2D eigenvalue weighted by Gasteiger charge is 2.17. The van der Waals surface area contributed by atoms with E-state index < -0.39 is 0 Å². The highest BCUT2D eigenvalue weighted by Crippen LogP contribution is 2.19. The average molecular weight is 291 g/mol. The Kier molecular flexibility index (Phi) is 4.61. The van der Waals surface area contributed by atoms with Gasteiger partial charge in [0.05, 0.1) is 11.2 Å². The van der Waals surface area contributed by atoms with Crippen LogP contribution in [-0.4, -0.2) is 15.6 Å². The van der Waals surface area contributed by atoms with E-state index in [2.05, 4.69) is 11.2 Å². The van der Waals surface area contributed by atoms with Crippen LogP contribution < -0.4 is 0 Å². The molecule has 0 aliphatic carbocycles. The van der Waals surface area contributed by atoms with Crippen molar-refractivity contribution in [3.63, 3.8) is 0 Å². The first-order valence-corrected chi connectivity index (χ1v) is 7.20. The largest absolute Gasteiger partial charge is 0.292 e. The van der Waals surface area contributed by atoms with Gasteiger partial charge in [0.2, 0.25) is 0 Å². The van der Waals surface area contributed by atoms with Gasteiger partial charge in [0, 0.05) is 13.0 Å². The van der Waals surface area contributed by atoms with Gasteiger partial charge >= 0.3 is 0 Å². The molecule has 0 radical (unpaired) electrons. The number of benzene rings is 1. The predicted octanol–water partition coefficient (Wildman–Crippen LogP) is 3.99. The summed E-state index contributed by atoms with van der Waals surface area (Å²) in [4.78, 5) is 12.5. The van der Waals surface area contributed by atoms with Crippen molar-refractivity contribution in [3.8, 4) is 0 Å². The lowest BCUT2D eigenvalue weighted by Crippen LogP contribution is -2.13. The molecule has 0 amide bonds. The van der Waals surface area contributed by atoms with Gasteiger partial charge in [-0.25, -0.2) is 0 Å². The lowest BCUT2D eigenvalue weighted by atomic mass is 10.0. The van der Waals surface area contributed by atoms with Crippen molar-refractivity contribution in [2.24, 2.45) is 0 Å². The van der Waals surface area contributed by atoms with Crippen molar-refractivity contribution < 1.29 is 4.79 Å². The normalized spacial score (nSPS) is 10.8. The summed E-state index contributed by atoms with van der Waals surface area (Å²) in [6, 6.07) is 6.18. The molecule has 0 aliphatic heterocycles. The second kappa shape index (κ2) is 6.23. The lowest BCUT2D eigenvalue weighted by molar-refractivity contribution is 0.0982. The van der Waals surface area contributed by atoms with Crippen LogP contribution in [-0.2, 0) is 13.0 Å². The highest BCUT2D eigenvalue weighted by atomic mass is 35.5. The predicted molar refractivity (Wildman–Crippen MR) is 81.5 cm³/mol. The van der Waals surface area contributed by atoms with Crippen LogP contribution in [0.15, 0.2) is 24.4 Å². The molecule has 106 valence electrons. The third-order valence-electron chi connectivity index (χ3n) is 3.14. The molecule has 1 aromatic carbocycles. The molecule has 0 aliphatic rings. The number of ketones is 1. The highest BCUT2D eigenvalue weighted by molar-refractivity contribution is 6.33. The van der Waals surface area contributed by atoms with E-state index in [1.165, 1.54) is 11.1 Å². The second-order valence-corrected chi connectivity index (χ2v) is 5.57. The molecule has 4 heteroatoms. The molecule has 3 nitrogen and oxygen atoms in total. The summed E-state index contributed by atoms with van der Waals surface area (Å²) in [6.45, 7) is 6.83. The smallest absolute Gasteiger partial charge is 0.186 e. The Morgan fingerprint density at radius 3 is 2.50 bits per heavy atom. The van der Waals surface area contributed by atoms with Crippen LogP contribution in [0.3, 0.4) is 0 Å². The summed E-state index contributed by atoms with van der Waals surface area (Å²) in [5.41, 5.74) is 3.88. The zero-order chi connectivity index (χ0) is 14.7. The monoisotopic (exact) mass is 290 g/mol. The van der Waals surface area contributed by atoms with Crippen LogP contribution in [0.1, 0.15) is 40.5 Å². The minimum absolute atomic E-state index is 0.0194. The van der Waals surface area contributed by atoms with Gasteiger partial charge < -0.3 is 0 Å². The summed E-state index contributed by atoms with van der Waals surface area (Å²) in [5.74, 6) is 0.0194. The quantitative estimate of drug-likeness (QED) is 0.781. The van der Waals surface area contributed by atoms with E-state index in [0.717, 1.165) is 12.0 Å². The minimum Gasteiger partial charge on any atom is -0.292 e. The number of carbonyl (C=O) groups is 1. The van der Waals surface area contributed by atoms with Crippen LogP contribution in [0.4, 0.5) is 0 Å². The minimum atomic E-state index is 0.0194. The molecule has 20 heavy (non-hydrogen) atoms. The standard InChI is InChI=1S/C16H19ClN2O/c1-4-5-19-16(14(17)10-18-19)15(20)9-13-7-11(2)6-12(3)8-13/h6-8,10H,4-5,9H2,1-3H3. The van der Waals surface area contributed by atoms with E-state index in [0.29, 0.717) is 23.7 Å². The van der Waals surface area contributed by atoms with E-state index in [4.69, 9.17) is 11.6 Å². The van der Waals surface area contributed by atoms with Gasteiger partial charge in [-0.05, 0) is 25.8 Å². The molecule has 0 spiro atoms. The molecular weight excluding hydrogens is 272 g/mol. The maximum atomic E-state index is 12.5. The molecule has 0 saturated heterocycles. The number of aryl methyl sites for hydroxylation is 3. The fourth-order valence-electron chi connectivity index (χ4n) is 2.46. The number of aromatic nitrogens is 2. The van der Waals surface area contributed by atoms with Gasteiger partial charge in [-0.1, -0.05) is 47.9 Å². The Bertz CT molecular complexity index is 611. The average Bonchev–Trinajstić information content (AvgIpc) is 2.69. The molecule has 0 bridgehead atoms. The Labute approximate surface area is 124 Å². The summed E-state index contributed by atoms with van der Waals surface area (Å²) >= 11 is 6.10. The zero-order valence-corrected chi connectivity index (χ0v) is 12.9. The maximum absolute atomic E-state index is 12.5. The van der Waals surface area contributed by atoms with Crippen molar-refractivity contribution in [1.29, 1.82) is 0 Å². The maximum Gasteiger partial charge on any atom is 0.186 e. The van der Waals surface area contributed by atoms with Crippen molar-refractivity contribution >= 4 is 17.4 Å². The molecular formula is C16H19ClN2O. The topological polar surface area (TPSA) is 34.9 Å². The van der Waals surface area contributed by atoms with Gasteiger partial charge in [0.15, 0.2) is 5.78 Å². The number of halogens is 1. The van der Waals surface area contributed by atoms with Crippen LogP contribution in [0.5, 0.6) is 0 Å². The Morgan fingerprint density at radius 1 is 1.25 bits per heavy atom. The van der Waals surface area contributed by atoms with Gasteiger partial charge in [-0.3, -0.25) is 9.48 Å². The molecule has 0 atom stereocenters. The number of hydrogen-bond donors (Lipinski definition) is 0. The van der Waals surface area contributed by atoms with Gasteiger partial charge in [0.25, 0.3) is 0 Å². The Morgan fingerprint density at radius 2 is 1.90 bits per heavy atom. The van der Waals surface area contributed by atoms with Crippen LogP contribution in [0.25, 0.3) is 0 Å². The van der Waals surface area contributed by atoms with E-state index in [1.54, 1.807) is 10.9 Å². The number of nitrogens with zero attached hydrogens (tertiary/aromatic N) is 2. The summed E-state index contributed by atoms with van der Waals surface area (Å²) in [5, 5.41) is 4.60. The Balaban J connectivity index is 2.26. The molecule has 0 fully saturated rings. The van der Waals surface area contributed by atoms with E-state index in [-0.39, 0.29) is 5.78 Å². The van der Waals surface area contributed by atoms with Crippen molar-refractivity contribution in [1.82, 2.24) is 9.78 Å². The first kappa shape index (κ1) is 14.8. The van der Waals surface area contributed by atoms with Crippen LogP contribution >= 0.6 is 11.6 Å². The molecule has 1 aromatic heterocycles. The number of rotatable bonds is 5. The van der Waals surface area contributed by atoms with Crippen LogP contribution in [0.2, 0.25) is 5.02 Å². The molecule has 1 heterocycles. The lowest BCUT2D eigenvalue weighted by Gasteiger charge is -2.07. The van der Waals surface area contributed by atoms with Crippen molar-refractivity contribution in [2.75, 3.05) is 0 Å². The fourth-order valence-corrected chi connectivity index (χ4v) is 2.71. The van der Waals surface area contributed by atoms with E-state index in [1.807, 2.05) is 32.9 Å². The first-order valence-electron chi connectivity index (χ1n) is 6.83.